The van der Waals surface area contributed by atoms with Crippen LogP contribution >= 0.6 is 0 Å². The minimum atomic E-state index is -3.87. The van der Waals surface area contributed by atoms with E-state index in [4.69, 9.17) is 9.52 Å². The van der Waals surface area contributed by atoms with E-state index in [1.54, 1.807) is 0 Å². The number of hydrogen-bond acceptors (Lipinski definition) is 5. The summed E-state index contributed by atoms with van der Waals surface area (Å²) in [6, 6.07) is 5.20. The number of nitrogens with one attached hydrogen (secondary N) is 1. The summed E-state index contributed by atoms with van der Waals surface area (Å²) >= 11 is 0. The van der Waals surface area contributed by atoms with Crippen molar-refractivity contribution in [1.82, 2.24) is 9.62 Å². The molecule has 2 N–H and O–H groups in total. The van der Waals surface area contributed by atoms with E-state index in [0.717, 1.165) is 22.5 Å². The third-order valence-electron chi connectivity index (χ3n) is 3.83. The van der Waals surface area contributed by atoms with Gasteiger partial charge < -0.3 is 14.8 Å². The molecule has 0 aliphatic heterocycles. The maximum absolute atomic E-state index is 13.1. The summed E-state index contributed by atoms with van der Waals surface area (Å²) in [6.07, 6.45) is -0.433. The molecule has 0 bridgehead atoms. The number of carbonyl (C=O) groups is 2. The number of nitrogens with zero attached hydrogens (tertiary/aromatic N) is 1. The number of benzene rings is 1. The summed E-state index contributed by atoms with van der Waals surface area (Å²) in [6.45, 7) is 1.42. The molecule has 0 aliphatic rings. The lowest BCUT2D eigenvalue weighted by Crippen LogP contribution is -2.30. The van der Waals surface area contributed by atoms with Crippen LogP contribution in [0.15, 0.2) is 39.8 Å². The molecular formula is C17H19FN2O6S. The number of carboxylic acid groups (broad SMARTS) is 1. The number of hydrogen-bond donors (Lipinski definition) is 2. The zero-order chi connectivity index (χ0) is 20.4. The lowest BCUT2D eigenvalue weighted by molar-refractivity contribution is -0.137. The molecule has 1 aromatic carbocycles. The Morgan fingerprint density at radius 2 is 1.85 bits per heavy atom. The Kier molecular flexibility index (Phi) is 6.01. The lowest BCUT2D eigenvalue weighted by Gasteiger charge is -2.17. The van der Waals surface area contributed by atoms with Gasteiger partial charge in [-0.2, -0.15) is 0 Å². The number of aliphatic carboxylic acids is 1. The van der Waals surface area contributed by atoms with Gasteiger partial charge in [0.2, 0.25) is 5.09 Å². The molecule has 0 radical (unpaired) electrons. The Labute approximate surface area is 155 Å². The van der Waals surface area contributed by atoms with Crippen molar-refractivity contribution >= 4 is 21.9 Å². The molecule has 27 heavy (non-hydrogen) atoms. The predicted molar refractivity (Wildman–Crippen MR) is 93.2 cm³/mol. The average molecular weight is 398 g/mol. The number of carboxylic acids is 1. The molecule has 1 amide bonds. The van der Waals surface area contributed by atoms with Crippen molar-refractivity contribution in [2.45, 2.75) is 24.5 Å². The van der Waals surface area contributed by atoms with Crippen LogP contribution in [-0.4, -0.2) is 43.8 Å². The first-order chi connectivity index (χ1) is 12.5. The molecule has 2 aromatic rings. The Balaban J connectivity index is 2.31. The molecular weight excluding hydrogens is 379 g/mol. The Morgan fingerprint density at radius 1 is 1.26 bits per heavy atom. The topological polar surface area (TPSA) is 117 Å². The van der Waals surface area contributed by atoms with Gasteiger partial charge in [-0.3, -0.25) is 9.59 Å². The third kappa shape index (κ3) is 4.72. The maximum Gasteiger partial charge on any atom is 0.305 e. The molecule has 1 unspecified atom stereocenters. The molecule has 8 nitrogen and oxygen atoms in total. The highest BCUT2D eigenvalue weighted by atomic mass is 32.2. The van der Waals surface area contributed by atoms with Gasteiger partial charge in [0.15, 0.2) is 0 Å². The van der Waals surface area contributed by atoms with Crippen LogP contribution in [0.1, 0.15) is 34.1 Å². The Bertz CT molecular complexity index is 950. The second kappa shape index (κ2) is 7.89. The number of rotatable bonds is 7. The van der Waals surface area contributed by atoms with E-state index in [1.165, 1.54) is 33.2 Å². The zero-order valence-corrected chi connectivity index (χ0v) is 15.7. The van der Waals surface area contributed by atoms with Gasteiger partial charge in [-0.25, -0.2) is 17.1 Å². The number of furan rings is 1. The molecule has 2 rings (SSSR count). The first-order valence-electron chi connectivity index (χ1n) is 7.83. The maximum atomic E-state index is 13.1. The van der Waals surface area contributed by atoms with Crippen molar-refractivity contribution in [3.05, 3.63) is 53.0 Å². The second-order valence-corrected chi connectivity index (χ2v) is 8.08. The number of carbonyl (C=O) groups excluding carboxylic acids is 1. The minimum Gasteiger partial charge on any atom is -0.481 e. The number of halogens is 1. The van der Waals surface area contributed by atoms with E-state index in [9.17, 15) is 22.4 Å². The minimum absolute atomic E-state index is 0.0343. The van der Waals surface area contributed by atoms with Crippen LogP contribution in [0.5, 0.6) is 0 Å². The molecule has 1 aromatic heterocycles. The van der Waals surface area contributed by atoms with Gasteiger partial charge >= 0.3 is 5.97 Å². The zero-order valence-electron chi connectivity index (χ0n) is 14.9. The van der Waals surface area contributed by atoms with E-state index < -0.39 is 45.3 Å². The second-order valence-electron chi connectivity index (χ2n) is 6.00. The summed E-state index contributed by atoms with van der Waals surface area (Å²) < 4.78 is 43.5. The summed E-state index contributed by atoms with van der Waals surface area (Å²) in [7, 11) is -1.22. The molecule has 0 aliphatic carbocycles. The molecule has 10 heteroatoms. The molecule has 1 heterocycles. The monoisotopic (exact) mass is 398 g/mol. The van der Waals surface area contributed by atoms with E-state index in [2.05, 4.69) is 5.32 Å². The van der Waals surface area contributed by atoms with Crippen molar-refractivity contribution in [3.8, 4) is 0 Å². The van der Waals surface area contributed by atoms with Crippen molar-refractivity contribution in [2.24, 2.45) is 0 Å². The van der Waals surface area contributed by atoms with Gasteiger partial charge in [0, 0.05) is 20.2 Å². The summed E-state index contributed by atoms with van der Waals surface area (Å²) in [5, 5.41) is 11.2. The van der Waals surface area contributed by atoms with Gasteiger partial charge in [0.25, 0.3) is 15.9 Å². The quantitative estimate of drug-likeness (QED) is 0.736. The van der Waals surface area contributed by atoms with E-state index >= 15 is 0 Å². The first-order valence-corrected chi connectivity index (χ1v) is 9.27. The highest BCUT2D eigenvalue weighted by Crippen LogP contribution is 2.23. The third-order valence-corrected chi connectivity index (χ3v) is 5.50. The van der Waals surface area contributed by atoms with Gasteiger partial charge in [0.05, 0.1) is 18.0 Å². The molecule has 0 saturated heterocycles. The summed E-state index contributed by atoms with van der Waals surface area (Å²) in [5.41, 5.74) is 0.363. The van der Waals surface area contributed by atoms with Crippen molar-refractivity contribution < 1.29 is 31.9 Å². The van der Waals surface area contributed by atoms with E-state index in [-0.39, 0.29) is 11.3 Å². The fraction of sp³-hybridized carbons (Fsp3) is 0.294. The van der Waals surface area contributed by atoms with Crippen LogP contribution in [0.25, 0.3) is 0 Å². The largest absolute Gasteiger partial charge is 0.481 e. The lowest BCUT2D eigenvalue weighted by atomic mass is 10.0. The summed E-state index contributed by atoms with van der Waals surface area (Å²) in [5.74, 6) is -2.29. The average Bonchev–Trinajstić information content (AvgIpc) is 2.97. The first kappa shape index (κ1) is 20.6. The van der Waals surface area contributed by atoms with E-state index in [0.29, 0.717) is 5.56 Å². The fourth-order valence-electron chi connectivity index (χ4n) is 2.35. The molecule has 0 spiro atoms. The smallest absolute Gasteiger partial charge is 0.305 e. The van der Waals surface area contributed by atoms with Gasteiger partial charge in [-0.15, -0.1) is 0 Å². The molecule has 146 valence electrons. The van der Waals surface area contributed by atoms with Gasteiger partial charge in [0.1, 0.15) is 11.6 Å². The van der Waals surface area contributed by atoms with E-state index in [1.807, 2.05) is 0 Å². The SMILES string of the molecule is Cc1oc(S(=O)(=O)N(C)C)cc1C(=O)NC(CC(=O)O)c1ccc(F)cc1. The number of aryl methyl sites for hydroxylation is 1. The van der Waals surface area contributed by atoms with Crippen LogP contribution < -0.4 is 5.32 Å². The highest BCUT2D eigenvalue weighted by Gasteiger charge is 2.27. The normalized spacial score (nSPS) is 12.8. The van der Waals surface area contributed by atoms with Gasteiger partial charge in [-0.05, 0) is 24.6 Å². The van der Waals surface area contributed by atoms with Crippen LogP contribution in [0.3, 0.4) is 0 Å². The molecule has 0 fully saturated rings. The Hall–Kier alpha value is -2.72. The molecule has 1 atom stereocenters. The Morgan fingerprint density at radius 3 is 2.37 bits per heavy atom. The molecule has 0 saturated carbocycles. The highest BCUT2D eigenvalue weighted by molar-refractivity contribution is 7.88. The standard InChI is InChI=1S/C17H19FN2O6S/c1-10-13(8-16(26-10)27(24,25)20(2)3)17(23)19-14(9-15(21)22)11-4-6-12(18)7-5-11/h4-8,14H,9H2,1-3H3,(H,19,23)(H,21,22). The fourth-order valence-corrected chi connectivity index (χ4v) is 3.20. The van der Waals surface area contributed by atoms with Crippen LogP contribution in [0, 0.1) is 12.7 Å². The van der Waals surface area contributed by atoms with Crippen LogP contribution in [0.4, 0.5) is 4.39 Å². The van der Waals surface area contributed by atoms with Crippen molar-refractivity contribution in [2.75, 3.05) is 14.1 Å². The number of amides is 1. The van der Waals surface area contributed by atoms with Crippen LogP contribution in [0.2, 0.25) is 0 Å². The number of sulfonamides is 1. The van der Waals surface area contributed by atoms with Gasteiger partial charge in [-0.1, -0.05) is 12.1 Å². The van der Waals surface area contributed by atoms with Crippen molar-refractivity contribution in [3.63, 3.8) is 0 Å². The summed E-state index contributed by atoms with van der Waals surface area (Å²) in [4.78, 5) is 23.7. The van der Waals surface area contributed by atoms with Crippen molar-refractivity contribution in [1.29, 1.82) is 0 Å². The predicted octanol–water partition coefficient (Wildman–Crippen LogP) is 1.92. The van der Waals surface area contributed by atoms with Crippen LogP contribution in [-0.2, 0) is 14.8 Å².